The van der Waals surface area contributed by atoms with E-state index in [2.05, 4.69) is 20.1 Å². The molecule has 1 fully saturated rings. The first-order chi connectivity index (χ1) is 14.5. The summed E-state index contributed by atoms with van der Waals surface area (Å²) in [7, 11) is 0. The molecule has 174 valence electrons. The zero-order chi connectivity index (χ0) is 22.5. The lowest BCUT2D eigenvalue weighted by Crippen LogP contribution is -2.23. The van der Waals surface area contributed by atoms with Crippen LogP contribution in [0.4, 0.5) is 0 Å². The number of hydrogen-bond donors (Lipinski definition) is 0. The molecule has 0 aromatic rings. The molecule has 1 amide bonds. The molecule has 0 saturated carbocycles. The van der Waals surface area contributed by atoms with Crippen LogP contribution in [0, 0.1) is 0 Å². The van der Waals surface area contributed by atoms with Crippen LogP contribution in [0.25, 0.3) is 0 Å². The van der Waals surface area contributed by atoms with Crippen molar-refractivity contribution >= 4 is 11.9 Å². The Bertz CT molecular complexity index is 473. The Morgan fingerprint density at radius 3 is 1.97 bits per heavy atom. The Morgan fingerprint density at radius 2 is 1.47 bits per heavy atom. The van der Waals surface area contributed by atoms with Crippen molar-refractivity contribution < 1.29 is 14.3 Å². The average molecular weight is 422 g/mol. The number of hydrogen-bond acceptors (Lipinski definition) is 3. The normalized spacial score (nSPS) is 13.8. The lowest BCUT2D eigenvalue weighted by Gasteiger charge is -2.13. The van der Waals surface area contributed by atoms with Gasteiger partial charge in [-0.25, -0.2) is 4.79 Å². The highest BCUT2D eigenvalue weighted by Gasteiger charge is 2.12. The van der Waals surface area contributed by atoms with Crippen LogP contribution in [-0.2, 0) is 14.3 Å². The second kappa shape index (κ2) is 20.7. The molecular weight excluding hydrogens is 374 g/mol. The van der Waals surface area contributed by atoms with Gasteiger partial charge in [0.15, 0.2) is 0 Å². The molecule has 0 aliphatic carbocycles. The zero-order valence-electron chi connectivity index (χ0n) is 19.9. The highest BCUT2D eigenvalue weighted by Crippen LogP contribution is 2.12. The number of unbranched alkanes of at least 4 members (excludes halogenated alkanes) is 11. The van der Waals surface area contributed by atoms with Crippen molar-refractivity contribution in [1.82, 2.24) is 4.90 Å². The lowest BCUT2D eigenvalue weighted by molar-refractivity contribution is -0.139. The monoisotopic (exact) mass is 421 g/mol. The molecule has 0 unspecified atom stereocenters. The highest BCUT2D eigenvalue weighted by atomic mass is 16.5. The van der Waals surface area contributed by atoms with Crippen LogP contribution in [0.2, 0.25) is 0 Å². The van der Waals surface area contributed by atoms with Gasteiger partial charge >= 0.3 is 5.97 Å². The molecule has 0 spiro atoms. The van der Waals surface area contributed by atoms with Crippen molar-refractivity contribution in [1.29, 1.82) is 0 Å². The molecule has 4 nitrogen and oxygen atoms in total. The number of amides is 1. The number of carbonyl (C=O) groups excluding carboxylic acids is 2. The molecule has 30 heavy (non-hydrogen) atoms. The minimum absolute atomic E-state index is 0.229. The Balaban J connectivity index is 0.000000696. The maximum absolute atomic E-state index is 11.1. The Hall–Kier alpha value is -1.58. The standard InChI is InChI=1S/C18H34O2.C8H13NO/c1-4-5-6-7-8-9-10-11-12-13-14-15-16-20-18(19)17(2)3;1-2-9-7-5-3-4-6-8(9)10/h2,4-16H2,1,3H3;2H,1,3-7H2. The van der Waals surface area contributed by atoms with Gasteiger partial charge in [-0.15, -0.1) is 0 Å². The van der Waals surface area contributed by atoms with E-state index in [9.17, 15) is 9.59 Å². The van der Waals surface area contributed by atoms with Gasteiger partial charge in [-0.2, -0.15) is 0 Å². The third-order valence-corrected chi connectivity index (χ3v) is 5.41. The topological polar surface area (TPSA) is 46.6 Å². The SMILES string of the molecule is C=C(C)C(=O)OCCCCCCCCCCCCCC.C=CN1CCCCCC1=O. The molecule has 1 aliphatic heterocycles. The summed E-state index contributed by atoms with van der Waals surface area (Å²) in [6.45, 7) is 12.5. The fourth-order valence-corrected chi connectivity index (χ4v) is 3.43. The van der Waals surface area contributed by atoms with Crippen molar-refractivity contribution in [3.05, 3.63) is 24.9 Å². The number of rotatable bonds is 15. The van der Waals surface area contributed by atoms with E-state index in [1.807, 2.05) is 0 Å². The Morgan fingerprint density at radius 1 is 0.933 bits per heavy atom. The van der Waals surface area contributed by atoms with Gasteiger partial charge in [0.25, 0.3) is 0 Å². The number of carbonyl (C=O) groups is 2. The number of likely N-dealkylation sites (tertiary alicyclic amines) is 1. The van der Waals surface area contributed by atoms with E-state index in [1.54, 1.807) is 18.0 Å². The number of ether oxygens (including phenoxy) is 1. The van der Waals surface area contributed by atoms with Crippen LogP contribution >= 0.6 is 0 Å². The van der Waals surface area contributed by atoms with Crippen LogP contribution in [0.5, 0.6) is 0 Å². The van der Waals surface area contributed by atoms with Gasteiger partial charge < -0.3 is 9.64 Å². The Kier molecular flexibility index (Phi) is 19.6. The maximum atomic E-state index is 11.1. The second-order valence-electron chi connectivity index (χ2n) is 8.39. The predicted octanol–water partition coefficient (Wildman–Crippen LogP) is 7.34. The van der Waals surface area contributed by atoms with Gasteiger partial charge in [-0.3, -0.25) is 4.79 Å². The summed E-state index contributed by atoms with van der Waals surface area (Å²) in [6.07, 6.45) is 21.5. The van der Waals surface area contributed by atoms with Gasteiger partial charge in [0.2, 0.25) is 5.91 Å². The van der Waals surface area contributed by atoms with Crippen molar-refractivity contribution in [2.45, 2.75) is 117 Å². The molecule has 1 rings (SSSR count). The summed E-state index contributed by atoms with van der Waals surface area (Å²) >= 11 is 0. The molecule has 1 aliphatic rings. The van der Waals surface area contributed by atoms with E-state index in [4.69, 9.17) is 4.74 Å². The molecule has 0 radical (unpaired) electrons. The molecule has 0 atom stereocenters. The largest absolute Gasteiger partial charge is 0.462 e. The molecule has 0 bridgehead atoms. The molecule has 1 saturated heterocycles. The molecule has 0 aromatic carbocycles. The summed E-state index contributed by atoms with van der Waals surface area (Å²) in [4.78, 5) is 23.9. The van der Waals surface area contributed by atoms with E-state index in [1.165, 1.54) is 77.0 Å². The van der Waals surface area contributed by atoms with Crippen molar-refractivity contribution in [2.24, 2.45) is 0 Å². The number of esters is 1. The summed E-state index contributed by atoms with van der Waals surface area (Å²) in [5.41, 5.74) is 0.490. The summed E-state index contributed by atoms with van der Waals surface area (Å²) < 4.78 is 5.06. The van der Waals surface area contributed by atoms with Crippen LogP contribution < -0.4 is 0 Å². The summed E-state index contributed by atoms with van der Waals surface area (Å²) in [6, 6.07) is 0. The van der Waals surface area contributed by atoms with Gasteiger partial charge in [0.1, 0.15) is 0 Å². The first-order valence-electron chi connectivity index (χ1n) is 12.3. The molecule has 0 N–H and O–H groups in total. The first-order valence-corrected chi connectivity index (χ1v) is 12.3. The smallest absolute Gasteiger partial charge is 0.333 e. The lowest BCUT2D eigenvalue weighted by atomic mass is 10.1. The van der Waals surface area contributed by atoms with Crippen molar-refractivity contribution in [3.8, 4) is 0 Å². The molecule has 4 heteroatoms. The van der Waals surface area contributed by atoms with Crippen LogP contribution in [0.3, 0.4) is 0 Å². The quantitative estimate of drug-likeness (QED) is 0.158. The molecule has 0 aromatic heterocycles. The van der Waals surface area contributed by atoms with Gasteiger partial charge in [0.05, 0.1) is 6.61 Å². The van der Waals surface area contributed by atoms with E-state index in [-0.39, 0.29) is 11.9 Å². The highest BCUT2D eigenvalue weighted by molar-refractivity contribution is 5.86. The summed E-state index contributed by atoms with van der Waals surface area (Å²) in [5, 5.41) is 0. The van der Waals surface area contributed by atoms with Gasteiger partial charge in [-0.1, -0.05) is 97.1 Å². The fourth-order valence-electron chi connectivity index (χ4n) is 3.43. The third-order valence-electron chi connectivity index (χ3n) is 5.41. The molecular formula is C26H47NO3. The fraction of sp³-hybridized carbons (Fsp3) is 0.769. The van der Waals surface area contributed by atoms with Crippen LogP contribution in [-0.4, -0.2) is 29.9 Å². The minimum atomic E-state index is -0.256. The maximum Gasteiger partial charge on any atom is 0.333 e. The molecule has 1 heterocycles. The van der Waals surface area contributed by atoms with E-state index in [0.717, 1.165) is 25.8 Å². The summed E-state index contributed by atoms with van der Waals surface area (Å²) in [5.74, 6) is -0.0272. The van der Waals surface area contributed by atoms with Crippen molar-refractivity contribution in [2.75, 3.05) is 13.2 Å². The van der Waals surface area contributed by atoms with E-state index >= 15 is 0 Å². The van der Waals surface area contributed by atoms with E-state index < -0.39 is 0 Å². The second-order valence-corrected chi connectivity index (χ2v) is 8.39. The van der Waals surface area contributed by atoms with Gasteiger partial charge in [0, 0.05) is 18.5 Å². The van der Waals surface area contributed by atoms with Crippen LogP contribution in [0.1, 0.15) is 117 Å². The minimum Gasteiger partial charge on any atom is -0.462 e. The number of nitrogens with zero attached hydrogens (tertiary/aromatic N) is 1. The van der Waals surface area contributed by atoms with Crippen LogP contribution in [0.15, 0.2) is 24.9 Å². The zero-order valence-corrected chi connectivity index (χ0v) is 19.9. The Labute approximate surface area is 186 Å². The first kappa shape index (κ1) is 28.4. The third kappa shape index (κ3) is 17.3. The predicted molar refractivity (Wildman–Crippen MR) is 127 cm³/mol. The average Bonchev–Trinajstić information content (AvgIpc) is 2.95. The van der Waals surface area contributed by atoms with Gasteiger partial charge in [-0.05, 0) is 32.4 Å². The van der Waals surface area contributed by atoms with Crippen molar-refractivity contribution in [3.63, 3.8) is 0 Å². The van der Waals surface area contributed by atoms with E-state index in [0.29, 0.717) is 18.6 Å².